The third-order valence-electron chi connectivity index (χ3n) is 3.45. The molecular weight excluding hydrogens is 228 g/mol. The van der Waals surface area contributed by atoms with E-state index < -0.39 is 5.92 Å². The second-order valence-electron chi connectivity index (χ2n) is 4.62. The van der Waals surface area contributed by atoms with Gasteiger partial charge in [-0.15, -0.1) is 0 Å². The maximum atomic E-state index is 12.0. The molecule has 0 aliphatic heterocycles. The quantitative estimate of drug-likeness (QED) is 0.796. The molecule has 0 radical (unpaired) electrons. The highest BCUT2D eigenvalue weighted by atomic mass is 16.5. The molecule has 1 aromatic rings. The topological polar surface area (TPSA) is 63.0 Å². The average Bonchev–Trinajstić information content (AvgIpc) is 2.34. The number of ketones is 1. The van der Waals surface area contributed by atoms with Crippen molar-refractivity contribution in [3.8, 4) is 11.9 Å². The Balaban J connectivity index is 2.00. The minimum absolute atomic E-state index is 0.0968. The first-order valence-electron chi connectivity index (χ1n) is 6.17. The van der Waals surface area contributed by atoms with Crippen molar-refractivity contribution in [3.63, 3.8) is 0 Å². The van der Waals surface area contributed by atoms with Crippen LogP contribution in [0.2, 0.25) is 0 Å². The summed E-state index contributed by atoms with van der Waals surface area (Å²) in [5.41, 5.74) is 0.898. The number of hydrogen-bond donors (Lipinski definition) is 0. The van der Waals surface area contributed by atoms with Crippen LogP contribution in [0.3, 0.4) is 0 Å². The number of methoxy groups -OCH3 is 1. The average molecular weight is 244 g/mol. The number of carbonyl (C=O) groups is 1. The third kappa shape index (κ3) is 2.67. The molecule has 4 nitrogen and oxygen atoms in total. The SMILES string of the molecule is COc1ccc(CC(C#N)C(=O)C2CCC2)cn1. The number of ether oxygens (including phenoxy) is 1. The summed E-state index contributed by atoms with van der Waals surface area (Å²) in [6, 6.07) is 5.72. The van der Waals surface area contributed by atoms with Crippen molar-refractivity contribution in [2.75, 3.05) is 7.11 Å². The van der Waals surface area contributed by atoms with Crippen LogP contribution in [0.1, 0.15) is 24.8 Å². The third-order valence-corrected chi connectivity index (χ3v) is 3.45. The number of nitriles is 1. The standard InChI is InChI=1S/C14H16N2O2/c1-18-13-6-5-10(9-16-13)7-12(8-15)14(17)11-3-2-4-11/h5-6,9,11-12H,2-4,7H2,1H3. The normalized spacial score (nSPS) is 16.4. The Morgan fingerprint density at radius 2 is 2.39 bits per heavy atom. The van der Waals surface area contributed by atoms with Crippen molar-refractivity contribution < 1.29 is 9.53 Å². The fraction of sp³-hybridized carbons (Fsp3) is 0.500. The van der Waals surface area contributed by atoms with Crippen LogP contribution < -0.4 is 4.74 Å². The Morgan fingerprint density at radius 1 is 1.61 bits per heavy atom. The maximum Gasteiger partial charge on any atom is 0.212 e. The molecule has 1 fully saturated rings. The molecule has 1 aromatic heterocycles. The minimum atomic E-state index is -0.537. The van der Waals surface area contributed by atoms with E-state index in [0.29, 0.717) is 12.3 Å². The zero-order chi connectivity index (χ0) is 13.0. The molecule has 0 amide bonds. The molecule has 1 aliphatic carbocycles. The first-order valence-corrected chi connectivity index (χ1v) is 6.17. The zero-order valence-electron chi connectivity index (χ0n) is 10.4. The van der Waals surface area contributed by atoms with Gasteiger partial charge >= 0.3 is 0 Å². The Labute approximate surface area is 107 Å². The summed E-state index contributed by atoms with van der Waals surface area (Å²) in [7, 11) is 1.56. The van der Waals surface area contributed by atoms with Crippen molar-refractivity contribution in [2.24, 2.45) is 11.8 Å². The number of nitrogens with zero attached hydrogens (tertiary/aromatic N) is 2. The minimum Gasteiger partial charge on any atom is -0.481 e. The number of Topliss-reactive ketones (excluding diaryl/α,β-unsaturated/α-hetero) is 1. The van der Waals surface area contributed by atoms with Gasteiger partial charge in [-0.25, -0.2) is 4.98 Å². The number of rotatable bonds is 5. The highest BCUT2D eigenvalue weighted by molar-refractivity contribution is 5.86. The molecule has 0 saturated heterocycles. The van der Waals surface area contributed by atoms with Gasteiger partial charge in [-0.3, -0.25) is 4.79 Å². The van der Waals surface area contributed by atoms with E-state index in [1.807, 2.05) is 6.07 Å². The van der Waals surface area contributed by atoms with Crippen LogP contribution in [0.5, 0.6) is 5.88 Å². The molecule has 1 atom stereocenters. The number of pyridine rings is 1. The highest BCUT2D eigenvalue weighted by Crippen LogP contribution is 2.30. The van der Waals surface area contributed by atoms with Gasteiger partial charge < -0.3 is 4.74 Å². The van der Waals surface area contributed by atoms with E-state index in [1.165, 1.54) is 0 Å². The van der Waals surface area contributed by atoms with Gasteiger partial charge in [-0.05, 0) is 24.8 Å². The summed E-state index contributed by atoms with van der Waals surface area (Å²) >= 11 is 0. The van der Waals surface area contributed by atoms with Gasteiger partial charge in [-0.1, -0.05) is 12.5 Å². The molecule has 4 heteroatoms. The molecule has 0 N–H and O–H groups in total. The molecule has 0 bridgehead atoms. The number of hydrogen-bond acceptors (Lipinski definition) is 4. The summed E-state index contributed by atoms with van der Waals surface area (Å²) in [4.78, 5) is 16.1. The van der Waals surface area contributed by atoms with Gasteiger partial charge in [0.1, 0.15) is 5.92 Å². The van der Waals surface area contributed by atoms with E-state index in [4.69, 9.17) is 10.00 Å². The lowest BCUT2D eigenvalue weighted by Crippen LogP contribution is -2.29. The zero-order valence-corrected chi connectivity index (χ0v) is 10.4. The summed E-state index contributed by atoms with van der Waals surface area (Å²) in [5.74, 6) is 0.212. The molecule has 2 rings (SSSR count). The van der Waals surface area contributed by atoms with Crippen LogP contribution in [-0.4, -0.2) is 17.9 Å². The van der Waals surface area contributed by atoms with Gasteiger partial charge in [0.25, 0.3) is 0 Å². The molecule has 0 aromatic carbocycles. The Hall–Kier alpha value is -1.89. The van der Waals surface area contributed by atoms with Gasteiger partial charge in [0.2, 0.25) is 5.88 Å². The molecule has 1 aliphatic rings. The Bertz CT molecular complexity index is 458. The van der Waals surface area contributed by atoms with Crippen molar-refractivity contribution in [3.05, 3.63) is 23.9 Å². The van der Waals surface area contributed by atoms with E-state index in [9.17, 15) is 4.79 Å². The predicted molar refractivity (Wildman–Crippen MR) is 65.9 cm³/mol. The van der Waals surface area contributed by atoms with Crippen LogP contribution in [0, 0.1) is 23.2 Å². The van der Waals surface area contributed by atoms with E-state index in [1.54, 1.807) is 19.4 Å². The van der Waals surface area contributed by atoms with Crippen LogP contribution in [-0.2, 0) is 11.2 Å². The summed E-state index contributed by atoms with van der Waals surface area (Å²) in [6.45, 7) is 0. The van der Waals surface area contributed by atoms with Gasteiger partial charge in [0.05, 0.1) is 13.2 Å². The predicted octanol–water partition coefficient (Wildman–Crippen LogP) is 2.14. The number of carbonyl (C=O) groups excluding carboxylic acids is 1. The molecule has 18 heavy (non-hydrogen) atoms. The second-order valence-corrected chi connectivity index (χ2v) is 4.62. The van der Waals surface area contributed by atoms with Gasteiger partial charge in [0, 0.05) is 18.2 Å². The van der Waals surface area contributed by atoms with Crippen LogP contribution in [0.4, 0.5) is 0 Å². The van der Waals surface area contributed by atoms with Crippen molar-refractivity contribution in [1.29, 1.82) is 5.26 Å². The van der Waals surface area contributed by atoms with Crippen molar-refractivity contribution >= 4 is 5.78 Å². The molecule has 94 valence electrons. The maximum absolute atomic E-state index is 12.0. The fourth-order valence-electron chi connectivity index (χ4n) is 2.08. The lowest BCUT2D eigenvalue weighted by atomic mass is 9.77. The molecule has 1 heterocycles. The largest absolute Gasteiger partial charge is 0.481 e. The van der Waals surface area contributed by atoms with Gasteiger partial charge in [0.15, 0.2) is 5.78 Å². The lowest BCUT2D eigenvalue weighted by Gasteiger charge is -2.25. The van der Waals surface area contributed by atoms with Crippen LogP contribution in [0.15, 0.2) is 18.3 Å². The lowest BCUT2D eigenvalue weighted by molar-refractivity contribution is -0.127. The van der Waals surface area contributed by atoms with Crippen LogP contribution >= 0.6 is 0 Å². The second kappa shape index (κ2) is 5.63. The Kier molecular flexibility index (Phi) is 3.93. The molecule has 0 spiro atoms. The van der Waals surface area contributed by atoms with E-state index in [0.717, 1.165) is 24.8 Å². The monoisotopic (exact) mass is 244 g/mol. The number of aromatic nitrogens is 1. The van der Waals surface area contributed by atoms with Crippen molar-refractivity contribution in [2.45, 2.75) is 25.7 Å². The molecular formula is C14H16N2O2. The van der Waals surface area contributed by atoms with Crippen LogP contribution in [0.25, 0.3) is 0 Å². The van der Waals surface area contributed by atoms with E-state index >= 15 is 0 Å². The smallest absolute Gasteiger partial charge is 0.212 e. The van der Waals surface area contributed by atoms with E-state index in [2.05, 4.69) is 11.1 Å². The molecule has 1 unspecified atom stereocenters. The first kappa shape index (κ1) is 12.6. The fourth-order valence-corrected chi connectivity index (χ4v) is 2.08. The van der Waals surface area contributed by atoms with E-state index in [-0.39, 0.29) is 11.7 Å². The highest BCUT2D eigenvalue weighted by Gasteiger charge is 2.31. The molecule has 1 saturated carbocycles. The summed E-state index contributed by atoms with van der Waals surface area (Å²) in [6.07, 6.45) is 5.11. The van der Waals surface area contributed by atoms with Crippen molar-refractivity contribution in [1.82, 2.24) is 4.98 Å². The van der Waals surface area contributed by atoms with Gasteiger partial charge in [-0.2, -0.15) is 5.26 Å². The summed E-state index contributed by atoms with van der Waals surface area (Å²) in [5, 5.41) is 9.11. The first-order chi connectivity index (χ1) is 8.74. The Morgan fingerprint density at radius 3 is 2.83 bits per heavy atom. The summed E-state index contributed by atoms with van der Waals surface area (Å²) < 4.78 is 4.97.